The number of hydrogen-bond acceptors (Lipinski definition) is 5. The summed E-state index contributed by atoms with van der Waals surface area (Å²) in [4.78, 5) is 40.2. The van der Waals surface area contributed by atoms with E-state index in [4.69, 9.17) is 0 Å². The molecule has 4 rings (SSSR count). The zero-order valence-corrected chi connectivity index (χ0v) is 16.3. The highest BCUT2D eigenvalue weighted by Crippen LogP contribution is 2.30. The molecule has 9 heteroatoms. The van der Waals surface area contributed by atoms with E-state index in [1.54, 1.807) is 7.05 Å². The Morgan fingerprint density at radius 2 is 2.00 bits per heavy atom. The van der Waals surface area contributed by atoms with Crippen LogP contribution in [0.25, 0.3) is 15.9 Å². The number of likely N-dealkylation sites (N-methyl/N-ethyl adjacent to an activating group) is 1. The monoisotopic (exact) mass is 397 g/mol. The molecule has 28 heavy (non-hydrogen) atoms. The van der Waals surface area contributed by atoms with Gasteiger partial charge in [0.05, 0.1) is 16.3 Å². The van der Waals surface area contributed by atoms with E-state index in [1.165, 1.54) is 16.2 Å². The normalized spacial score (nSPS) is 14.4. The van der Waals surface area contributed by atoms with Crippen LogP contribution in [0, 0.1) is 6.92 Å². The van der Waals surface area contributed by atoms with E-state index in [2.05, 4.69) is 10.4 Å². The van der Waals surface area contributed by atoms with E-state index in [1.807, 2.05) is 48.0 Å². The van der Waals surface area contributed by atoms with Gasteiger partial charge in [-0.15, -0.1) is 11.3 Å². The molecule has 2 aromatic heterocycles. The number of hydrogen-bond donors (Lipinski definition) is 1. The summed E-state index contributed by atoms with van der Waals surface area (Å²) in [5, 5.41) is 8.29. The quantitative estimate of drug-likeness (QED) is 0.667. The lowest BCUT2D eigenvalue weighted by molar-refractivity contribution is -0.125. The smallest absolute Gasteiger partial charge is 0.327 e. The third kappa shape index (κ3) is 3.13. The second-order valence-electron chi connectivity index (χ2n) is 6.60. The first-order valence-electron chi connectivity index (χ1n) is 8.84. The van der Waals surface area contributed by atoms with Gasteiger partial charge in [0, 0.05) is 25.5 Å². The second-order valence-corrected chi connectivity index (χ2v) is 7.63. The van der Waals surface area contributed by atoms with Crippen molar-refractivity contribution < 1.29 is 14.4 Å². The number of thiophene rings is 1. The summed E-state index contributed by atoms with van der Waals surface area (Å²) in [6.45, 7) is 2.37. The van der Waals surface area contributed by atoms with Crippen molar-refractivity contribution >= 4 is 39.4 Å². The van der Waals surface area contributed by atoms with Crippen LogP contribution in [0.15, 0.2) is 36.4 Å². The molecule has 0 unspecified atom stereocenters. The standard InChI is InChI=1S/C19H19N5O3S/c1-12-14-10-15(28-18(14)24(21-12)13-6-4-3-5-7-13)17(26)20-8-9-23-16(25)11-22(2)19(23)27/h3-7,10H,8-9,11H2,1-2H3,(H,20,26). The molecule has 0 bridgehead atoms. The molecule has 1 aliphatic heterocycles. The van der Waals surface area contributed by atoms with Gasteiger partial charge >= 0.3 is 6.03 Å². The molecule has 0 radical (unpaired) electrons. The van der Waals surface area contributed by atoms with Crippen LogP contribution in [-0.4, -0.2) is 64.1 Å². The van der Waals surface area contributed by atoms with Gasteiger partial charge in [-0.25, -0.2) is 9.48 Å². The highest BCUT2D eigenvalue weighted by molar-refractivity contribution is 7.20. The largest absolute Gasteiger partial charge is 0.350 e. The SMILES string of the molecule is Cc1nn(-c2ccccc2)c2sc(C(=O)NCCN3C(=O)CN(C)C3=O)cc12. The summed E-state index contributed by atoms with van der Waals surface area (Å²) in [5.41, 5.74) is 1.79. The number of nitrogens with zero attached hydrogens (tertiary/aromatic N) is 4. The number of amides is 4. The molecule has 144 valence electrons. The summed E-state index contributed by atoms with van der Waals surface area (Å²) >= 11 is 1.36. The number of aromatic nitrogens is 2. The first-order valence-corrected chi connectivity index (χ1v) is 9.65. The molecule has 3 aromatic rings. The molecule has 1 N–H and O–H groups in total. The van der Waals surface area contributed by atoms with Crippen LogP contribution in [0.5, 0.6) is 0 Å². The number of imide groups is 1. The van der Waals surface area contributed by atoms with Crippen LogP contribution < -0.4 is 5.32 Å². The lowest BCUT2D eigenvalue weighted by Gasteiger charge is -2.14. The second kappa shape index (κ2) is 7.08. The number of urea groups is 1. The highest BCUT2D eigenvalue weighted by atomic mass is 32.1. The maximum atomic E-state index is 12.5. The van der Waals surface area contributed by atoms with E-state index < -0.39 is 0 Å². The molecule has 1 aromatic carbocycles. The minimum absolute atomic E-state index is 0.0817. The van der Waals surface area contributed by atoms with Crippen LogP contribution in [0.2, 0.25) is 0 Å². The van der Waals surface area contributed by atoms with Crippen LogP contribution >= 0.6 is 11.3 Å². The molecule has 3 heterocycles. The highest BCUT2D eigenvalue weighted by Gasteiger charge is 2.33. The number of rotatable bonds is 5. The summed E-state index contributed by atoms with van der Waals surface area (Å²) in [5.74, 6) is -0.477. The fourth-order valence-corrected chi connectivity index (χ4v) is 4.26. The van der Waals surface area contributed by atoms with Crippen molar-refractivity contribution in [2.45, 2.75) is 6.92 Å². The van der Waals surface area contributed by atoms with Gasteiger partial charge in [-0.1, -0.05) is 18.2 Å². The lowest BCUT2D eigenvalue weighted by atomic mass is 10.3. The number of benzene rings is 1. The summed E-state index contributed by atoms with van der Waals surface area (Å²) in [6, 6.07) is 11.3. The number of nitrogens with one attached hydrogen (secondary N) is 1. The maximum Gasteiger partial charge on any atom is 0.327 e. The zero-order chi connectivity index (χ0) is 19.8. The van der Waals surface area contributed by atoms with Crippen LogP contribution in [-0.2, 0) is 4.79 Å². The first-order chi connectivity index (χ1) is 13.5. The predicted molar refractivity (Wildman–Crippen MR) is 106 cm³/mol. The first kappa shape index (κ1) is 18.2. The fraction of sp³-hybridized carbons (Fsp3) is 0.263. The van der Waals surface area contributed by atoms with Crippen molar-refractivity contribution in [3.63, 3.8) is 0 Å². The van der Waals surface area contributed by atoms with Gasteiger partial charge in [-0.3, -0.25) is 14.5 Å². The Balaban J connectivity index is 1.48. The van der Waals surface area contributed by atoms with Crippen molar-refractivity contribution in [2.24, 2.45) is 0 Å². The molecule has 4 amide bonds. The number of aryl methyl sites for hydroxylation is 1. The molecular weight excluding hydrogens is 378 g/mol. The number of carbonyl (C=O) groups is 3. The van der Waals surface area contributed by atoms with Gasteiger partial charge in [-0.05, 0) is 25.1 Å². The van der Waals surface area contributed by atoms with Crippen LogP contribution in [0.1, 0.15) is 15.4 Å². The molecule has 1 saturated heterocycles. The Kier molecular flexibility index (Phi) is 4.60. The van der Waals surface area contributed by atoms with Gasteiger partial charge in [0.1, 0.15) is 11.4 Å². The van der Waals surface area contributed by atoms with Crippen molar-refractivity contribution in [1.82, 2.24) is 24.9 Å². The van der Waals surface area contributed by atoms with Gasteiger partial charge in [0.2, 0.25) is 5.91 Å². The minimum Gasteiger partial charge on any atom is -0.350 e. The molecule has 0 atom stereocenters. The number of para-hydroxylation sites is 1. The Morgan fingerprint density at radius 1 is 1.25 bits per heavy atom. The fourth-order valence-electron chi connectivity index (χ4n) is 3.16. The van der Waals surface area contributed by atoms with Gasteiger partial charge in [0.15, 0.2) is 0 Å². The topological polar surface area (TPSA) is 87.5 Å². The Hall–Kier alpha value is -3.20. The van der Waals surface area contributed by atoms with E-state index in [-0.39, 0.29) is 37.5 Å². The van der Waals surface area contributed by atoms with Crippen molar-refractivity contribution in [3.8, 4) is 5.69 Å². The van der Waals surface area contributed by atoms with Gasteiger partial charge in [-0.2, -0.15) is 5.10 Å². The van der Waals surface area contributed by atoms with E-state index in [0.717, 1.165) is 26.5 Å². The number of fused-ring (bicyclic) bond motifs is 1. The van der Waals surface area contributed by atoms with E-state index >= 15 is 0 Å². The molecule has 1 fully saturated rings. The lowest BCUT2D eigenvalue weighted by Crippen LogP contribution is -2.38. The van der Waals surface area contributed by atoms with E-state index in [9.17, 15) is 14.4 Å². The van der Waals surface area contributed by atoms with Gasteiger partial charge < -0.3 is 10.2 Å². The van der Waals surface area contributed by atoms with Gasteiger partial charge in [0.25, 0.3) is 5.91 Å². The van der Waals surface area contributed by atoms with Crippen LogP contribution in [0.3, 0.4) is 0 Å². The molecule has 8 nitrogen and oxygen atoms in total. The molecular formula is C19H19N5O3S. The number of carbonyl (C=O) groups excluding carboxylic acids is 3. The Morgan fingerprint density at radius 3 is 2.68 bits per heavy atom. The average molecular weight is 397 g/mol. The van der Waals surface area contributed by atoms with Crippen molar-refractivity contribution in [3.05, 3.63) is 47.0 Å². The molecule has 0 spiro atoms. The van der Waals surface area contributed by atoms with Crippen molar-refractivity contribution in [1.29, 1.82) is 0 Å². The Labute approximate surface area is 165 Å². The minimum atomic E-state index is -0.334. The summed E-state index contributed by atoms with van der Waals surface area (Å²) < 4.78 is 1.84. The molecule has 0 saturated carbocycles. The third-order valence-electron chi connectivity index (χ3n) is 4.62. The third-order valence-corrected chi connectivity index (χ3v) is 5.73. The maximum absolute atomic E-state index is 12.5. The zero-order valence-electron chi connectivity index (χ0n) is 15.5. The molecule has 0 aliphatic carbocycles. The predicted octanol–water partition coefficient (Wildman–Crippen LogP) is 2.02. The van der Waals surface area contributed by atoms with Crippen LogP contribution in [0.4, 0.5) is 4.79 Å². The molecule has 1 aliphatic rings. The van der Waals surface area contributed by atoms with Crippen molar-refractivity contribution in [2.75, 3.05) is 26.7 Å². The summed E-state index contributed by atoms with van der Waals surface area (Å²) in [6.07, 6.45) is 0. The average Bonchev–Trinajstić information content (AvgIpc) is 3.32. The summed E-state index contributed by atoms with van der Waals surface area (Å²) in [7, 11) is 1.58. The van der Waals surface area contributed by atoms with E-state index in [0.29, 0.717) is 4.88 Å². The Bertz CT molecular complexity index is 1070.